The SMILES string of the molecule is Cc1ccccc1C(C(=O)NC(C)(C)C)N(CCO)C(=O)C(CS)NC(=O)OC(C)(C)C. The van der Waals surface area contributed by atoms with Crippen LogP contribution in [0.25, 0.3) is 0 Å². The third-order valence-electron chi connectivity index (χ3n) is 4.34. The maximum Gasteiger partial charge on any atom is 0.408 e. The second-order valence-corrected chi connectivity index (χ2v) is 10.0. The van der Waals surface area contributed by atoms with Crippen molar-refractivity contribution in [3.05, 3.63) is 35.4 Å². The van der Waals surface area contributed by atoms with Crippen LogP contribution in [0.4, 0.5) is 4.79 Å². The topological polar surface area (TPSA) is 108 Å². The molecule has 8 nitrogen and oxygen atoms in total. The summed E-state index contributed by atoms with van der Waals surface area (Å²) in [7, 11) is 0. The number of carbonyl (C=O) groups is 3. The van der Waals surface area contributed by atoms with E-state index in [2.05, 4.69) is 23.3 Å². The Bertz CT molecular complexity index is 802. The molecule has 1 aromatic rings. The summed E-state index contributed by atoms with van der Waals surface area (Å²) in [6, 6.07) is 5.21. The first kappa shape index (κ1) is 27.8. The summed E-state index contributed by atoms with van der Waals surface area (Å²) in [6.45, 7) is 12.1. The Morgan fingerprint density at radius 3 is 2.19 bits per heavy atom. The van der Waals surface area contributed by atoms with Gasteiger partial charge in [0.2, 0.25) is 11.8 Å². The van der Waals surface area contributed by atoms with Gasteiger partial charge in [-0.05, 0) is 59.6 Å². The van der Waals surface area contributed by atoms with E-state index < -0.39 is 35.2 Å². The van der Waals surface area contributed by atoms with Gasteiger partial charge in [0.15, 0.2) is 0 Å². The molecule has 0 fully saturated rings. The lowest BCUT2D eigenvalue weighted by Crippen LogP contribution is -2.55. The first-order valence-corrected chi connectivity index (χ1v) is 11.2. The Kier molecular flexibility index (Phi) is 10.0. The molecule has 9 heteroatoms. The number of carbonyl (C=O) groups excluding carboxylic acids is 3. The fraction of sp³-hybridized carbons (Fsp3) is 0.609. The highest BCUT2D eigenvalue weighted by molar-refractivity contribution is 7.80. The van der Waals surface area contributed by atoms with Crippen molar-refractivity contribution in [3.8, 4) is 0 Å². The fourth-order valence-electron chi connectivity index (χ4n) is 3.09. The molecule has 2 unspecified atom stereocenters. The molecule has 2 atom stereocenters. The van der Waals surface area contributed by atoms with E-state index in [0.717, 1.165) is 5.56 Å². The quantitative estimate of drug-likeness (QED) is 0.440. The van der Waals surface area contributed by atoms with Gasteiger partial charge < -0.3 is 25.4 Å². The number of nitrogens with zero attached hydrogens (tertiary/aromatic N) is 1. The minimum atomic E-state index is -1.05. The molecule has 1 rings (SSSR count). The van der Waals surface area contributed by atoms with Gasteiger partial charge in [0.05, 0.1) is 6.61 Å². The molecule has 3 amide bonds. The minimum Gasteiger partial charge on any atom is -0.444 e. The van der Waals surface area contributed by atoms with Crippen LogP contribution in [-0.4, -0.2) is 64.0 Å². The molecule has 0 saturated carbocycles. The average molecular weight is 468 g/mol. The molecule has 0 spiro atoms. The van der Waals surface area contributed by atoms with Crippen molar-refractivity contribution in [1.29, 1.82) is 0 Å². The summed E-state index contributed by atoms with van der Waals surface area (Å²) >= 11 is 4.22. The van der Waals surface area contributed by atoms with Crippen molar-refractivity contribution in [2.75, 3.05) is 18.9 Å². The van der Waals surface area contributed by atoms with E-state index in [0.29, 0.717) is 5.56 Å². The number of nitrogens with one attached hydrogen (secondary N) is 2. The summed E-state index contributed by atoms with van der Waals surface area (Å²) < 4.78 is 5.25. The van der Waals surface area contributed by atoms with Crippen molar-refractivity contribution in [2.45, 2.75) is 71.7 Å². The maximum atomic E-state index is 13.5. The Morgan fingerprint density at radius 2 is 1.72 bits per heavy atom. The lowest BCUT2D eigenvalue weighted by molar-refractivity contribution is -0.143. The van der Waals surface area contributed by atoms with Gasteiger partial charge in [-0.1, -0.05) is 24.3 Å². The van der Waals surface area contributed by atoms with Crippen LogP contribution in [0.5, 0.6) is 0 Å². The van der Waals surface area contributed by atoms with Crippen molar-refractivity contribution in [3.63, 3.8) is 0 Å². The summed E-state index contributed by atoms with van der Waals surface area (Å²) in [4.78, 5) is 40.4. The number of amides is 3. The van der Waals surface area contributed by atoms with E-state index in [1.165, 1.54) is 4.90 Å². The number of rotatable bonds is 8. The van der Waals surface area contributed by atoms with Gasteiger partial charge in [0.25, 0.3) is 0 Å². The van der Waals surface area contributed by atoms with Gasteiger partial charge in [-0.2, -0.15) is 12.6 Å². The van der Waals surface area contributed by atoms with Crippen molar-refractivity contribution in [2.24, 2.45) is 0 Å². The molecule has 0 aliphatic rings. The molecule has 0 aliphatic heterocycles. The lowest BCUT2D eigenvalue weighted by Gasteiger charge is -2.36. The van der Waals surface area contributed by atoms with E-state index >= 15 is 0 Å². The third kappa shape index (κ3) is 8.70. The molecule has 0 saturated heterocycles. The molecule has 1 aromatic carbocycles. The number of hydrogen-bond donors (Lipinski definition) is 4. The lowest BCUT2D eigenvalue weighted by atomic mass is 9.97. The first-order valence-electron chi connectivity index (χ1n) is 10.6. The molecule has 0 bridgehead atoms. The van der Waals surface area contributed by atoms with Crippen LogP contribution >= 0.6 is 12.6 Å². The van der Waals surface area contributed by atoms with Gasteiger partial charge >= 0.3 is 6.09 Å². The number of thiol groups is 1. The predicted octanol–water partition coefficient (Wildman–Crippen LogP) is 2.59. The number of alkyl carbamates (subject to hydrolysis) is 1. The number of hydrogen-bond acceptors (Lipinski definition) is 6. The van der Waals surface area contributed by atoms with E-state index in [4.69, 9.17) is 4.74 Å². The van der Waals surface area contributed by atoms with Gasteiger partial charge in [0.1, 0.15) is 17.7 Å². The van der Waals surface area contributed by atoms with Crippen molar-refractivity contribution >= 4 is 30.5 Å². The largest absolute Gasteiger partial charge is 0.444 e. The summed E-state index contributed by atoms with van der Waals surface area (Å²) in [6.07, 6.45) is -0.763. The molecule has 0 heterocycles. The maximum absolute atomic E-state index is 13.5. The Hall–Kier alpha value is -2.26. The van der Waals surface area contributed by atoms with Gasteiger partial charge in [-0.25, -0.2) is 4.79 Å². The molecule has 32 heavy (non-hydrogen) atoms. The molecule has 0 aliphatic carbocycles. The van der Waals surface area contributed by atoms with Crippen LogP contribution in [0.15, 0.2) is 24.3 Å². The van der Waals surface area contributed by atoms with Crippen molar-refractivity contribution in [1.82, 2.24) is 15.5 Å². The van der Waals surface area contributed by atoms with Gasteiger partial charge in [0, 0.05) is 17.8 Å². The van der Waals surface area contributed by atoms with Gasteiger partial charge in [-0.15, -0.1) is 0 Å². The highest BCUT2D eigenvalue weighted by Gasteiger charge is 2.37. The zero-order valence-corrected chi connectivity index (χ0v) is 21.0. The second-order valence-electron chi connectivity index (χ2n) is 9.64. The Morgan fingerprint density at radius 1 is 1.12 bits per heavy atom. The Labute approximate surface area is 196 Å². The molecular formula is C23H37N3O5S. The molecule has 0 aromatic heterocycles. The monoisotopic (exact) mass is 467 g/mol. The molecule has 0 radical (unpaired) electrons. The van der Waals surface area contributed by atoms with E-state index in [1.54, 1.807) is 32.9 Å². The van der Waals surface area contributed by atoms with Crippen LogP contribution in [0.1, 0.15) is 58.7 Å². The molecular weight excluding hydrogens is 430 g/mol. The number of aryl methyl sites for hydroxylation is 1. The zero-order chi connectivity index (χ0) is 24.7. The van der Waals surface area contributed by atoms with Crippen LogP contribution in [0.3, 0.4) is 0 Å². The van der Waals surface area contributed by atoms with Gasteiger partial charge in [-0.3, -0.25) is 9.59 Å². The number of benzene rings is 1. The van der Waals surface area contributed by atoms with E-state index in [1.807, 2.05) is 39.8 Å². The highest BCUT2D eigenvalue weighted by atomic mass is 32.1. The predicted molar refractivity (Wildman–Crippen MR) is 128 cm³/mol. The standard InChI is InChI=1S/C23H37N3O5S/c1-15-10-8-9-11-16(15)18(19(28)25-22(2,3)4)26(12-13-27)20(29)17(14-32)24-21(30)31-23(5,6)7/h8-11,17-18,27,32H,12-14H2,1-7H3,(H,24,30)(H,25,28). The normalized spacial score (nSPS) is 13.7. The van der Waals surface area contributed by atoms with Crippen molar-refractivity contribution < 1.29 is 24.2 Å². The van der Waals surface area contributed by atoms with Crippen LogP contribution in [-0.2, 0) is 14.3 Å². The number of aliphatic hydroxyl groups is 1. The average Bonchev–Trinajstić information content (AvgIpc) is 2.63. The Balaban J connectivity index is 3.37. The number of ether oxygens (including phenoxy) is 1. The summed E-state index contributed by atoms with van der Waals surface area (Å²) in [5.41, 5.74) is 0.171. The minimum absolute atomic E-state index is 0.0125. The van der Waals surface area contributed by atoms with Crippen LogP contribution in [0.2, 0.25) is 0 Å². The van der Waals surface area contributed by atoms with Crippen LogP contribution < -0.4 is 10.6 Å². The zero-order valence-electron chi connectivity index (χ0n) is 20.1. The number of aliphatic hydroxyl groups excluding tert-OH is 1. The van der Waals surface area contributed by atoms with E-state index in [9.17, 15) is 19.5 Å². The summed E-state index contributed by atoms with van der Waals surface area (Å²) in [5, 5.41) is 15.1. The second kappa shape index (κ2) is 11.6. The molecule has 180 valence electrons. The smallest absolute Gasteiger partial charge is 0.408 e. The third-order valence-corrected chi connectivity index (χ3v) is 4.70. The van der Waals surface area contributed by atoms with E-state index in [-0.39, 0.29) is 24.8 Å². The molecule has 3 N–H and O–H groups in total. The fourth-order valence-corrected chi connectivity index (χ4v) is 3.34. The van der Waals surface area contributed by atoms with Crippen LogP contribution in [0, 0.1) is 6.92 Å². The highest BCUT2D eigenvalue weighted by Crippen LogP contribution is 2.26. The first-order chi connectivity index (χ1) is 14.7. The summed E-state index contributed by atoms with van der Waals surface area (Å²) in [5.74, 6) is -0.942.